The van der Waals surface area contributed by atoms with E-state index in [0.717, 1.165) is 5.56 Å². The summed E-state index contributed by atoms with van der Waals surface area (Å²) in [5.41, 5.74) is 1.66. The minimum Gasteiger partial charge on any atom is -0.493 e. The summed E-state index contributed by atoms with van der Waals surface area (Å²) in [4.78, 5) is 36.7. The zero-order chi connectivity index (χ0) is 26.0. The molecule has 186 valence electrons. The second-order valence-electron chi connectivity index (χ2n) is 9.27. The number of nitrogens with one attached hydrogen (secondary N) is 2. The van der Waals surface area contributed by atoms with Gasteiger partial charge in [0.05, 0.1) is 29.2 Å². The molecule has 2 aromatic rings. The van der Waals surface area contributed by atoms with Crippen molar-refractivity contribution in [2.75, 3.05) is 11.9 Å². The van der Waals surface area contributed by atoms with Gasteiger partial charge in [-0.25, -0.2) is 4.39 Å². The summed E-state index contributed by atoms with van der Waals surface area (Å²) in [6.45, 7) is 3.84. The maximum Gasteiger partial charge on any atom is 0.303 e. The van der Waals surface area contributed by atoms with E-state index in [9.17, 15) is 24.0 Å². The van der Waals surface area contributed by atoms with E-state index in [0.29, 0.717) is 47.4 Å². The molecule has 4 rings (SSSR count). The SMILES string of the molecule is CC(C)NC(=O)c1cc2c(cc1F)OCC[C@]21C=C1C(=O)Nc1cc(C#N)ccc1CCCC(=O)O. The third kappa shape index (κ3) is 4.93. The maximum absolute atomic E-state index is 14.7. The van der Waals surface area contributed by atoms with Crippen molar-refractivity contribution in [3.05, 3.63) is 70.1 Å². The molecule has 2 amide bonds. The van der Waals surface area contributed by atoms with Crippen LogP contribution in [-0.4, -0.2) is 35.5 Å². The molecule has 0 fully saturated rings. The van der Waals surface area contributed by atoms with Gasteiger partial charge >= 0.3 is 5.97 Å². The number of nitriles is 1. The lowest BCUT2D eigenvalue weighted by molar-refractivity contribution is -0.137. The van der Waals surface area contributed by atoms with Crippen LogP contribution < -0.4 is 15.4 Å². The topological polar surface area (TPSA) is 129 Å². The summed E-state index contributed by atoms with van der Waals surface area (Å²) in [6.07, 6.45) is 3.03. The van der Waals surface area contributed by atoms with Crippen molar-refractivity contribution in [2.45, 2.75) is 51.0 Å². The minimum absolute atomic E-state index is 0.0122. The summed E-state index contributed by atoms with van der Waals surface area (Å²) in [7, 11) is 0. The lowest BCUT2D eigenvalue weighted by Crippen LogP contribution is -2.32. The number of aryl methyl sites for hydroxylation is 1. The number of ether oxygens (including phenoxy) is 1. The number of hydrogen-bond acceptors (Lipinski definition) is 5. The van der Waals surface area contributed by atoms with Crippen LogP contribution in [0.2, 0.25) is 0 Å². The van der Waals surface area contributed by atoms with E-state index < -0.39 is 23.1 Å². The molecule has 1 spiro atoms. The molecule has 2 aromatic carbocycles. The molecule has 1 aliphatic carbocycles. The molecule has 1 aliphatic heterocycles. The molecule has 0 saturated carbocycles. The first-order chi connectivity index (χ1) is 17.1. The van der Waals surface area contributed by atoms with Crippen LogP contribution in [0, 0.1) is 17.1 Å². The molecule has 1 heterocycles. The van der Waals surface area contributed by atoms with Crippen molar-refractivity contribution in [1.29, 1.82) is 5.26 Å². The highest BCUT2D eigenvalue weighted by Gasteiger charge is 2.52. The smallest absolute Gasteiger partial charge is 0.303 e. The molecule has 9 heteroatoms. The number of carbonyl (C=O) groups excluding carboxylic acids is 2. The number of carboxylic acids is 1. The Hall–Kier alpha value is -4.19. The van der Waals surface area contributed by atoms with Crippen molar-refractivity contribution in [3.8, 4) is 11.8 Å². The Morgan fingerprint density at radius 2 is 2.00 bits per heavy atom. The number of benzene rings is 2. The van der Waals surface area contributed by atoms with Gasteiger partial charge < -0.3 is 20.5 Å². The summed E-state index contributed by atoms with van der Waals surface area (Å²) >= 11 is 0. The fourth-order valence-electron chi connectivity index (χ4n) is 4.50. The first-order valence-electron chi connectivity index (χ1n) is 11.7. The largest absolute Gasteiger partial charge is 0.493 e. The van der Waals surface area contributed by atoms with Gasteiger partial charge in [0, 0.05) is 35.4 Å². The van der Waals surface area contributed by atoms with Crippen LogP contribution in [-0.2, 0) is 21.4 Å². The van der Waals surface area contributed by atoms with Crippen LogP contribution in [0.25, 0.3) is 0 Å². The van der Waals surface area contributed by atoms with Crippen LogP contribution in [0.4, 0.5) is 10.1 Å². The van der Waals surface area contributed by atoms with Gasteiger partial charge in [-0.15, -0.1) is 0 Å². The number of fused-ring (bicyclic) bond motifs is 2. The highest BCUT2D eigenvalue weighted by atomic mass is 19.1. The first kappa shape index (κ1) is 24.9. The minimum atomic E-state index is -0.907. The van der Waals surface area contributed by atoms with Crippen molar-refractivity contribution >= 4 is 23.5 Å². The number of rotatable bonds is 8. The Kier molecular flexibility index (Phi) is 6.80. The zero-order valence-corrected chi connectivity index (χ0v) is 20.0. The number of allylic oxidation sites excluding steroid dienone is 1. The Morgan fingerprint density at radius 3 is 2.69 bits per heavy atom. The Bertz CT molecular complexity index is 1330. The van der Waals surface area contributed by atoms with E-state index in [1.54, 1.807) is 38.1 Å². The fraction of sp³-hybridized carbons (Fsp3) is 0.333. The van der Waals surface area contributed by atoms with Crippen molar-refractivity contribution < 1.29 is 28.6 Å². The van der Waals surface area contributed by atoms with E-state index in [-0.39, 0.29) is 30.5 Å². The van der Waals surface area contributed by atoms with Crippen LogP contribution in [0.1, 0.15) is 60.2 Å². The molecule has 0 radical (unpaired) electrons. The molecule has 0 unspecified atom stereocenters. The standard InChI is InChI=1S/C27H26FN3O5/c1-15(2)30-25(34)18-11-19-23(12-21(18)28)36-9-8-27(19)13-20(27)26(35)31-22-10-16(14-29)6-7-17(22)4-3-5-24(32)33/h6-7,10-13,15H,3-5,8-9H2,1-2H3,(H,30,34)(H,31,35)(H,32,33)/t27-/m0/s1. The molecular weight excluding hydrogens is 465 g/mol. The second kappa shape index (κ2) is 9.82. The van der Waals surface area contributed by atoms with E-state index in [2.05, 4.69) is 10.6 Å². The lowest BCUT2D eigenvalue weighted by atomic mass is 9.83. The summed E-state index contributed by atoms with van der Waals surface area (Å²) < 4.78 is 20.3. The molecule has 1 atom stereocenters. The second-order valence-corrected chi connectivity index (χ2v) is 9.27. The van der Waals surface area contributed by atoms with Crippen molar-refractivity contribution in [1.82, 2.24) is 5.32 Å². The number of aliphatic carboxylic acids is 1. The van der Waals surface area contributed by atoms with Crippen molar-refractivity contribution in [3.63, 3.8) is 0 Å². The number of carbonyl (C=O) groups is 3. The van der Waals surface area contributed by atoms with Gasteiger partial charge in [-0.2, -0.15) is 5.26 Å². The molecule has 2 aliphatic rings. The molecule has 0 aromatic heterocycles. The molecule has 3 N–H and O–H groups in total. The van der Waals surface area contributed by atoms with Gasteiger partial charge in [0.1, 0.15) is 11.6 Å². The summed E-state index contributed by atoms with van der Waals surface area (Å²) in [5, 5.41) is 23.8. The maximum atomic E-state index is 14.7. The lowest BCUT2D eigenvalue weighted by Gasteiger charge is -2.28. The van der Waals surface area contributed by atoms with Gasteiger partial charge in [-0.3, -0.25) is 14.4 Å². The zero-order valence-electron chi connectivity index (χ0n) is 20.0. The number of anilines is 1. The molecule has 36 heavy (non-hydrogen) atoms. The van der Waals surface area contributed by atoms with Gasteiger partial charge in [0.2, 0.25) is 0 Å². The number of nitrogens with zero attached hydrogens (tertiary/aromatic N) is 1. The van der Waals surface area contributed by atoms with Gasteiger partial charge in [-0.05, 0) is 56.9 Å². The molecular formula is C27H26FN3O5. The average Bonchev–Trinajstić information content (AvgIpc) is 3.53. The van der Waals surface area contributed by atoms with Gasteiger partial charge in [-0.1, -0.05) is 12.1 Å². The highest BCUT2D eigenvalue weighted by Crippen LogP contribution is 2.55. The monoisotopic (exact) mass is 491 g/mol. The van der Waals surface area contributed by atoms with Gasteiger partial charge in [0.15, 0.2) is 0 Å². The molecule has 0 saturated heterocycles. The van der Waals surface area contributed by atoms with Crippen LogP contribution in [0.5, 0.6) is 5.75 Å². The fourth-order valence-corrected chi connectivity index (χ4v) is 4.50. The Balaban J connectivity index is 1.58. The van der Waals surface area contributed by atoms with Crippen LogP contribution >= 0.6 is 0 Å². The highest BCUT2D eigenvalue weighted by molar-refractivity contribution is 6.11. The van der Waals surface area contributed by atoms with Gasteiger partial charge in [0.25, 0.3) is 11.8 Å². The third-order valence-electron chi connectivity index (χ3n) is 6.32. The number of halogens is 1. The van der Waals surface area contributed by atoms with E-state index in [1.165, 1.54) is 12.1 Å². The summed E-state index contributed by atoms with van der Waals surface area (Å²) in [5.74, 6) is -2.24. The third-order valence-corrected chi connectivity index (χ3v) is 6.32. The number of amides is 2. The average molecular weight is 492 g/mol. The molecule has 8 nitrogen and oxygen atoms in total. The van der Waals surface area contributed by atoms with Crippen molar-refractivity contribution in [2.24, 2.45) is 0 Å². The van der Waals surface area contributed by atoms with Crippen LogP contribution in [0.15, 0.2) is 42.0 Å². The number of hydrogen-bond donors (Lipinski definition) is 3. The van der Waals surface area contributed by atoms with E-state index in [4.69, 9.17) is 9.84 Å². The number of carboxylic acid groups (broad SMARTS) is 1. The Labute approximate surface area is 207 Å². The molecule has 0 bridgehead atoms. The van der Waals surface area contributed by atoms with Crippen LogP contribution in [0.3, 0.4) is 0 Å². The summed E-state index contributed by atoms with van der Waals surface area (Å²) in [6, 6.07) is 9.39. The van der Waals surface area contributed by atoms with E-state index >= 15 is 0 Å². The quantitative estimate of drug-likeness (QED) is 0.515. The normalized spacial score (nSPS) is 17.5. The van der Waals surface area contributed by atoms with E-state index in [1.807, 2.05) is 6.07 Å². The first-order valence-corrected chi connectivity index (χ1v) is 11.7. The predicted octanol–water partition coefficient (Wildman–Crippen LogP) is 3.84. The predicted molar refractivity (Wildman–Crippen MR) is 129 cm³/mol. The Morgan fingerprint density at radius 1 is 1.22 bits per heavy atom.